The molecule has 0 heterocycles. The maximum Gasteiger partial charge on any atom is 0.340 e. The van der Waals surface area contributed by atoms with Crippen LogP contribution in [0.1, 0.15) is 10.4 Å². The molecule has 0 fully saturated rings. The summed E-state index contributed by atoms with van der Waals surface area (Å²) in [6.07, 6.45) is 0. The van der Waals surface area contributed by atoms with Gasteiger partial charge in [-0.1, -0.05) is 0 Å². The second-order valence-electron chi connectivity index (χ2n) is 3.86. The van der Waals surface area contributed by atoms with Crippen LogP contribution in [0, 0.1) is 21.0 Å². The minimum Gasteiger partial charge on any atom is -0.478 e. The molecule has 0 spiro atoms. The number of hydrogen-bond donors (Lipinski definition) is 2. The molecule has 0 amide bonds. The number of anilines is 2. The van der Waals surface area contributed by atoms with Gasteiger partial charge in [0.2, 0.25) is 0 Å². The zero-order valence-corrected chi connectivity index (χ0v) is 11.9. The lowest BCUT2D eigenvalue weighted by atomic mass is 10.1. The van der Waals surface area contributed by atoms with Gasteiger partial charge < -0.3 is 10.4 Å². The largest absolute Gasteiger partial charge is 0.478 e. The van der Waals surface area contributed by atoms with Crippen molar-refractivity contribution in [2.45, 2.75) is 0 Å². The molecule has 0 aliphatic heterocycles. The van der Waals surface area contributed by atoms with E-state index in [1.165, 1.54) is 12.1 Å². The van der Waals surface area contributed by atoms with E-state index in [9.17, 15) is 18.0 Å². The molecule has 2 aromatic carbocycles. The molecule has 20 heavy (non-hydrogen) atoms. The first-order chi connectivity index (χ1) is 9.38. The van der Waals surface area contributed by atoms with E-state index in [2.05, 4.69) is 5.32 Å². The molecule has 2 rings (SSSR count). The molecule has 0 radical (unpaired) electrons. The molecule has 0 aliphatic rings. The minimum absolute atomic E-state index is 0.0714. The van der Waals surface area contributed by atoms with Gasteiger partial charge in [-0.15, -0.1) is 0 Å². The predicted molar refractivity (Wildman–Crippen MR) is 75.7 cm³/mol. The lowest BCUT2D eigenvalue weighted by Crippen LogP contribution is -2.07. The number of nitrogens with one attached hydrogen (secondary N) is 1. The van der Waals surface area contributed by atoms with Gasteiger partial charge in [-0.3, -0.25) is 0 Å². The van der Waals surface area contributed by atoms with Crippen LogP contribution in [0.3, 0.4) is 0 Å². The van der Waals surface area contributed by atoms with Gasteiger partial charge in [-0.25, -0.2) is 18.0 Å². The van der Waals surface area contributed by atoms with E-state index in [0.717, 1.165) is 6.07 Å². The van der Waals surface area contributed by atoms with Crippen LogP contribution in [0.2, 0.25) is 0 Å². The summed E-state index contributed by atoms with van der Waals surface area (Å²) in [5.74, 6) is -4.42. The number of carboxylic acid groups (broad SMARTS) is 1. The number of benzene rings is 2. The molecule has 0 bridgehead atoms. The van der Waals surface area contributed by atoms with E-state index in [0.29, 0.717) is 9.64 Å². The van der Waals surface area contributed by atoms with Gasteiger partial charge in [0.25, 0.3) is 0 Å². The number of aromatic carboxylic acids is 1. The fourth-order valence-electron chi connectivity index (χ4n) is 1.63. The summed E-state index contributed by atoms with van der Waals surface area (Å²) >= 11 is 1.90. The van der Waals surface area contributed by atoms with Gasteiger partial charge in [0.15, 0.2) is 0 Å². The molecule has 0 unspecified atom stereocenters. The monoisotopic (exact) mass is 393 g/mol. The van der Waals surface area contributed by atoms with Crippen LogP contribution in [0.4, 0.5) is 24.5 Å². The quantitative estimate of drug-likeness (QED) is 0.771. The first-order valence-electron chi connectivity index (χ1n) is 5.33. The summed E-state index contributed by atoms with van der Waals surface area (Å²) in [5, 5.41) is 11.3. The summed E-state index contributed by atoms with van der Waals surface area (Å²) in [5.41, 5.74) is -1.17. The first kappa shape index (κ1) is 14.6. The fraction of sp³-hybridized carbons (Fsp3) is 0. The van der Waals surface area contributed by atoms with Crippen LogP contribution in [-0.2, 0) is 0 Å². The molecule has 0 saturated heterocycles. The molecule has 0 aliphatic carbocycles. The Labute approximate surface area is 125 Å². The number of halogens is 4. The van der Waals surface area contributed by atoms with Crippen molar-refractivity contribution in [1.82, 2.24) is 0 Å². The van der Waals surface area contributed by atoms with Gasteiger partial charge in [0, 0.05) is 9.64 Å². The summed E-state index contributed by atoms with van der Waals surface area (Å²) in [6, 6.07) is 5.38. The minimum atomic E-state index is -1.57. The lowest BCUT2D eigenvalue weighted by molar-refractivity contribution is 0.0693. The lowest BCUT2D eigenvalue weighted by Gasteiger charge is -2.11. The van der Waals surface area contributed by atoms with Crippen LogP contribution in [-0.4, -0.2) is 11.1 Å². The zero-order valence-electron chi connectivity index (χ0n) is 9.75. The number of hydrogen-bond acceptors (Lipinski definition) is 2. The van der Waals surface area contributed by atoms with Crippen LogP contribution < -0.4 is 5.32 Å². The van der Waals surface area contributed by atoms with Crippen LogP contribution in [0.25, 0.3) is 0 Å². The van der Waals surface area contributed by atoms with Crippen molar-refractivity contribution in [2.24, 2.45) is 0 Å². The zero-order chi connectivity index (χ0) is 14.9. The normalized spacial score (nSPS) is 10.4. The Morgan fingerprint density at radius 1 is 1.05 bits per heavy atom. The molecular formula is C13H7F3INO2. The van der Waals surface area contributed by atoms with Crippen molar-refractivity contribution in [3.63, 3.8) is 0 Å². The smallest absolute Gasteiger partial charge is 0.340 e. The second kappa shape index (κ2) is 5.70. The average Bonchev–Trinajstić information content (AvgIpc) is 2.31. The van der Waals surface area contributed by atoms with E-state index in [1.807, 2.05) is 22.6 Å². The van der Waals surface area contributed by atoms with E-state index in [1.54, 1.807) is 6.07 Å². The van der Waals surface area contributed by atoms with Crippen LogP contribution >= 0.6 is 22.6 Å². The molecule has 0 saturated carbocycles. The first-order valence-corrected chi connectivity index (χ1v) is 6.41. The molecule has 3 nitrogen and oxygen atoms in total. The Morgan fingerprint density at radius 3 is 2.35 bits per heavy atom. The third-order valence-electron chi connectivity index (χ3n) is 2.47. The van der Waals surface area contributed by atoms with E-state index in [4.69, 9.17) is 5.11 Å². The van der Waals surface area contributed by atoms with Gasteiger partial charge in [0.05, 0.1) is 11.4 Å². The third kappa shape index (κ3) is 3.03. The number of carboxylic acids is 1. The Balaban J connectivity index is 2.50. The Bertz CT molecular complexity index is 692. The number of carbonyl (C=O) groups is 1. The standard InChI is InChI=1S/C13H7F3INO2/c14-6-3-9(16)12(13(19)20)11(4-6)18-10-2-1-7(17)5-8(10)15/h1-5,18H,(H,19,20). The summed E-state index contributed by atoms with van der Waals surface area (Å²) < 4.78 is 40.9. The van der Waals surface area contributed by atoms with Gasteiger partial charge in [-0.05, 0) is 46.9 Å². The molecule has 2 N–H and O–H groups in total. The van der Waals surface area contributed by atoms with Crippen molar-refractivity contribution < 1.29 is 23.1 Å². The van der Waals surface area contributed by atoms with Gasteiger partial charge in [0.1, 0.15) is 23.0 Å². The van der Waals surface area contributed by atoms with Gasteiger partial charge in [-0.2, -0.15) is 0 Å². The average molecular weight is 393 g/mol. The predicted octanol–water partition coefficient (Wildman–Crippen LogP) is 4.15. The topological polar surface area (TPSA) is 49.3 Å². The van der Waals surface area contributed by atoms with E-state index in [-0.39, 0.29) is 11.4 Å². The highest BCUT2D eigenvalue weighted by Crippen LogP contribution is 2.27. The number of rotatable bonds is 3. The molecule has 0 aromatic heterocycles. The molecule has 2 aromatic rings. The Kier molecular flexibility index (Phi) is 4.17. The highest BCUT2D eigenvalue weighted by molar-refractivity contribution is 14.1. The van der Waals surface area contributed by atoms with E-state index >= 15 is 0 Å². The fourth-order valence-corrected chi connectivity index (χ4v) is 2.08. The van der Waals surface area contributed by atoms with Crippen molar-refractivity contribution in [3.05, 3.63) is 56.9 Å². The molecule has 0 atom stereocenters. The Morgan fingerprint density at radius 2 is 1.75 bits per heavy atom. The van der Waals surface area contributed by atoms with Crippen molar-refractivity contribution in [3.8, 4) is 0 Å². The highest BCUT2D eigenvalue weighted by atomic mass is 127. The maximum atomic E-state index is 13.7. The second-order valence-corrected chi connectivity index (χ2v) is 5.11. The molecule has 104 valence electrons. The van der Waals surface area contributed by atoms with E-state index < -0.39 is 29.0 Å². The maximum absolute atomic E-state index is 13.7. The van der Waals surface area contributed by atoms with Crippen molar-refractivity contribution in [1.29, 1.82) is 0 Å². The van der Waals surface area contributed by atoms with Crippen molar-refractivity contribution >= 4 is 39.9 Å². The molecule has 7 heteroatoms. The summed E-state index contributed by atoms with van der Waals surface area (Å²) in [6.45, 7) is 0. The molecular weight excluding hydrogens is 386 g/mol. The van der Waals surface area contributed by atoms with Crippen LogP contribution in [0.5, 0.6) is 0 Å². The summed E-state index contributed by atoms with van der Waals surface area (Å²) in [7, 11) is 0. The highest BCUT2D eigenvalue weighted by Gasteiger charge is 2.18. The third-order valence-corrected chi connectivity index (χ3v) is 3.14. The SMILES string of the molecule is O=C(O)c1c(F)cc(F)cc1Nc1ccc(I)cc1F. The van der Waals surface area contributed by atoms with Crippen molar-refractivity contribution in [2.75, 3.05) is 5.32 Å². The van der Waals surface area contributed by atoms with Gasteiger partial charge >= 0.3 is 5.97 Å². The summed E-state index contributed by atoms with van der Waals surface area (Å²) in [4.78, 5) is 11.0. The van der Waals surface area contributed by atoms with Crippen LogP contribution in [0.15, 0.2) is 30.3 Å². The Hall–Kier alpha value is -1.77.